The smallest absolute Gasteiger partial charge is 0.0809 e. The SMILES string of the molecule is CC(NCCCN)c1cnc2ccsc2c1. The number of aromatic nitrogens is 1. The highest BCUT2D eigenvalue weighted by atomic mass is 32.1. The predicted octanol–water partition coefficient (Wildman–Crippen LogP) is 2.30. The van der Waals surface area contributed by atoms with Crippen LogP contribution in [0.5, 0.6) is 0 Å². The minimum Gasteiger partial charge on any atom is -0.330 e. The van der Waals surface area contributed by atoms with Gasteiger partial charge < -0.3 is 11.1 Å². The summed E-state index contributed by atoms with van der Waals surface area (Å²) in [6.45, 7) is 3.86. The molecule has 16 heavy (non-hydrogen) atoms. The van der Waals surface area contributed by atoms with Gasteiger partial charge in [0.15, 0.2) is 0 Å². The molecule has 0 aliphatic rings. The van der Waals surface area contributed by atoms with E-state index in [2.05, 4.69) is 34.7 Å². The monoisotopic (exact) mass is 235 g/mol. The Balaban J connectivity index is 2.07. The van der Waals surface area contributed by atoms with E-state index in [1.165, 1.54) is 10.3 Å². The van der Waals surface area contributed by atoms with E-state index in [0.717, 1.165) is 25.0 Å². The first-order valence-electron chi connectivity index (χ1n) is 5.58. The molecular formula is C12H17N3S. The van der Waals surface area contributed by atoms with Crippen molar-refractivity contribution in [2.45, 2.75) is 19.4 Å². The van der Waals surface area contributed by atoms with Crippen LogP contribution in [0.15, 0.2) is 23.7 Å². The summed E-state index contributed by atoms with van der Waals surface area (Å²) in [5, 5.41) is 5.52. The molecule has 2 aromatic heterocycles. The quantitative estimate of drug-likeness (QED) is 0.782. The average molecular weight is 235 g/mol. The van der Waals surface area contributed by atoms with Gasteiger partial charge >= 0.3 is 0 Å². The summed E-state index contributed by atoms with van der Waals surface area (Å²) < 4.78 is 1.25. The van der Waals surface area contributed by atoms with Crippen LogP contribution in [0.3, 0.4) is 0 Å². The number of hydrogen-bond acceptors (Lipinski definition) is 4. The molecule has 1 atom stereocenters. The fourth-order valence-corrected chi connectivity index (χ4v) is 2.43. The Hall–Kier alpha value is -0.970. The molecule has 0 aliphatic heterocycles. The van der Waals surface area contributed by atoms with E-state index in [1.54, 1.807) is 11.3 Å². The second-order valence-electron chi connectivity index (χ2n) is 3.89. The molecule has 3 N–H and O–H groups in total. The molecule has 0 aromatic carbocycles. The largest absolute Gasteiger partial charge is 0.330 e. The molecule has 0 saturated heterocycles. The van der Waals surface area contributed by atoms with Gasteiger partial charge in [-0.15, -0.1) is 11.3 Å². The van der Waals surface area contributed by atoms with Gasteiger partial charge in [-0.05, 0) is 49.5 Å². The zero-order chi connectivity index (χ0) is 11.4. The van der Waals surface area contributed by atoms with Gasteiger partial charge in [-0.1, -0.05) is 0 Å². The maximum Gasteiger partial charge on any atom is 0.0809 e. The highest BCUT2D eigenvalue weighted by Gasteiger charge is 2.06. The average Bonchev–Trinajstić information content (AvgIpc) is 2.76. The van der Waals surface area contributed by atoms with Crippen molar-refractivity contribution in [2.24, 2.45) is 5.73 Å². The van der Waals surface area contributed by atoms with E-state index in [4.69, 9.17) is 5.73 Å². The number of thiophene rings is 1. The van der Waals surface area contributed by atoms with Gasteiger partial charge in [0, 0.05) is 12.2 Å². The zero-order valence-electron chi connectivity index (χ0n) is 9.44. The number of rotatable bonds is 5. The first-order chi connectivity index (χ1) is 7.81. The minimum absolute atomic E-state index is 0.338. The van der Waals surface area contributed by atoms with Crippen LogP contribution in [-0.2, 0) is 0 Å². The first kappa shape index (κ1) is 11.5. The van der Waals surface area contributed by atoms with E-state index in [1.807, 2.05) is 6.20 Å². The number of nitrogens with one attached hydrogen (secondary N) is 1. The van der Waals surface area contributed by atoms with Crippen LogP contribution in [0, 0.1) is 0 Å². The minimum atomic E-state index is 0.338. The Bertz CT molecular complexity index is 452. The third-order valence-electron chi connectivity index (χ3n) is 2.66. The molecule has 3 nitrogen and oxygen atoms in total. The molecule has 2 aromatic rings. The van der Waals surface area contributed by atoms with Gasteiger partial charge in [0.05, 0.1) is 10.2 Å². The molecule has 0 fully saturated rings. The van der Waals surface area contributed by atoms with Crippen LogP contribution in [0.25, 0.3) is 10.2 Å². The lowest BCUT2D eigenvalue weighted by Crippen LogP contribution is -2.21. The van der Waals surface area contributed by atoms with Gasteiger partial charge in [-0.25, -0.2) is 0 Å². The van der Waals surface area contributed by atoms with Crippen molar-refractivity contribution >= 4 is 21.6 Å². The van der Waals surface area contributed by atoms with E-state index >= 15 is 0 Å². The topological polar surface area (TPSA) is 50.9 Å². The molecule has 0 amide bonds. The maximum absolute atomic E-state index is 5.46. The second kappa shape index (κ2) is 5.39. The third kappa shape index (κ3) is 2.58. The molecule has 1 unspecified atom stereocenters. The van der Waals surface area contributed by atoms with Crippen LogP contribution in [0.1, 0.15) is 24.9 Å². The molecule has 2 rings (SSSR count). The summed E-state index contributed by atoms with van der Waals surface area (Å²) in [6, 6.07) is 4.61. The third-order valence-corrected chi connectivity index (χ3v) is 3.51. The van der Waals surface area contributed by atoms with Gasteiger partial charge in [-0.3, -0.25) is 4.98 Å². The summed E-state index contributed by atoms with van der Waals surface area (Å²) in [5.74, 6) is 0. The van der Waals surface area contributed by atoms with Crippen molar-refractivity contribution < 1.29 is 0 Å². The Kier molecular flexibility index (Phi) is 3.88. The zero-order valence-corrected chi connectivity index (χ0v) is 10.3. The Morgan fingerprint density at radius 3 is 3.25 bits per heavy atom. The molecule has 2 heterocycles. The van der Waals surface area contributed by atoms with E-state index in [9.17, 15) is 0 Å². The van der Waals surface area contributed by atoms with Gasteiger partial charge in [0.1, 0.15) is 0 Å². The number of fused-ring (bicyclic) bond motifs is 1. The van der Waals surface area contributed by atoms with Crippen molar-refractivity contribution in [1.29, 1.82) is 0 Å². The predicted molar refractivity (Wildman–Crippen MR) is 69.7 cm³/mol. The molecular weight excluding hydrogens is 218 g/mol. The number of pyridine rings is 1. The van der Waals surface area contributed by atoms with Gasteiger partial charge in [-0.2, -0.15) is 0 Å². The summed E-state index contributed by atoms with van der Waals surface area (Å²) >= 11 is 1.74. The highest BCUT2D eigenvalue weighted by Crippen LogP contribution is 2.22. The van der Waals surface area contributed by atoms with Crippen molar-refractivity contribution in [3.8, 4) is 0 Å². The summed E-state index contributed by atoms with van der Waals surface area (Å²) in [7, 11) is 0. The second-order valence-corrected chi connectivity index (χ2v) is 4.84. The highest BCUT2D eigenvalue weighted by molar-refractivity contribution is 7.17. The lowest BCUT2D eigenvalue weighted by Gasteiger charge is -2.13. The lowest BCUT2D eigenvalue weighted by atomic mass is 10.1. The summed E-state index contributed by atoms with van der Waals surface area (Å²) in [6.07, 6.45) is 2.97. The Morgan fingerprint density at radius 1 is 1.56 bits per heavy atom. The van der Waals surface area contributed by atoms with Crippen LogP contribution < -0.4 is 11.1 Å². The number of nitrogens with two attached hydrogens (primary N) is 1. The van der Waals surface area contributed by atoms with Crippen molar-refractivity contribution in [3.05, 3.63) is 29.3 Å². The normalized spacial score (nSPS) is 13.1. The molecule has 0 spiro atoms. The maximum atomic E-state index is 5.46. The molecule has 0 saturated carbocycles. The lowest BCUT2D eigenvalue weighted by molar-refractivity contribution is 0.561. The molecule has 4 heteroatoms. The van der Waals surface area contributed by atoms with Crippen molar-refractivity contribution in [3.63, 3.8) is 0 Å². The van der Waals surface area contributed by atoms with Crippen LogP contribution in [-0.4, -0.2) is 18.1 Å². The summed E-state index contributed by atoms with van der Waals surface area (Å²) in [4.78, 5) is 4.44. The van der Waals surface area contributed by atoms with Crippen LogP contribution in [0.4, 0.5) is 0 Å². The van der Waals surface area contributed by atoms with E-state index in [-0.39, 0.29) is 0 Å². The number of nitrogens with zero attached hydrogens (tertiary/aromatic N) is 1. The van der Waals surface area contributed by atoms with Gasteiger partial charge in [0.25, 0.3) is 0 Å². The fourth-order valence-electron chi connectivity index (χ4n) is 1.64. The molecule has 0 radical (unpaired) electrons. The van der Waals surface area contributed by atoms with Crippen molar-refractivity contribution in [1.82, 2.24) is 10.3 Å². The standard InChI is InChI=1S/C12H17N3S/c1-9(14-5-2-4-13)10-7-12-11(15-8-10)3-6-16-12/h3,6-9,14H,2,4-5,13H2,1H3. The van der Waals surface area contributed by atoms with Gasteiger partial charge in [0.2, 0.25) is 0 Å². The van der Waals surface area contributed by atoms with Crippen LogP contribution in [0.2, 0.25) is 0 Å². The van der Waals surface area contributed by atoms with Crippen molar-refractivity contribution in [2.75, 3.05) is 13.1 Å². The molecule has 0 bridgehead atoms. The first-order valence-corrected chi connectivity index (χ1v) is 6.46. The molecule has 86 valence electrons. The fraction of sp³-hybridized carbons (Fsp3) is 0.417. The molecule has 0 aliphatic carbocycles. The summed E-state index contributed by atoms with van der Waals surface area (Å²) in [5.41, 5.74) is 7.79. The van der Waals surface area contributed by atoms with E-state index in [0.29, 0.717) is 6.04 Å². The number of hydrogen-bond donors (Lipinski definition) is 2. The van der Waals surface area contributed by atoms with E-state index < -0.39 is 0 Å². The Labute approximate surface area is 99.7 Å². The Morgan fingerprint density at radius 2 is 2.44 bits per heavy atom. The van der Waals surface area contributed by atoms with Crippen LogP contribution >= 0.6 is 11.3 Å².